The number of nitrogens with one attached hydrogen (secondary N) is 1. The van der Waals surface area contributed by atoms with E-state index in [1.165, 1.54) is 17.0 Å². The van der Waals surface area contributed by atoms with E-state index in [2.05, 4.69) is 21.2 Å². The van der Waals surface area contributed by atoms with Gasteiger partial charge in [0.2, 0.25) is 18.6 Å². The smallest absolute Gasteiger partial charge is 0.231 e. The van der Waals surface area contributed by atoms with Gasteiger partial charge < -0.3 is 19.7 Å². The van der Waals surface area contributed by atoms with Gasteiger partial charge in [0.05, 0.1) is 11.6 Å². The number of hydrogen-bond acceptors (Lipinski definition) is 4. The average molecular weight is 421 g/mol. The molecule has 0 spiro atoms. The number of carbonyl (C=O) groups is 2. The van der Waals surface area contributed by atoms with Crippen LogP contribution in [0.4, 0.5) is 15.8 Å². The molecule has 4 rings (SSSR count). The van der Waals surface area contributed by atoms with E-state index < -0.39 is 11.7 Å². The molecule has 1 N–H and O–H groups in total. The Balaban J connectivity index is 1.48. The lowest BCUT2D eigenvalue weighted by atomic mass is 10.1. The van der Waals surface area contributed by atoms with Crippen molar-refractivity contribution < 1.29 is 23.5 Å². The Hall–Kier alpha value is -2.61. The van der Waals surface area contributed by atoms with Crippen molar-refractivity contribution >= 4 is 39.1 Å². The van der Waals surface area contributed by atoms with Gasteiger partial charge in [-0.2, -0.15) is 0 Å². The molecule has 2 aromatic rings. The van der Waals surface area contributed by atoms with Gasteiger partial charge in [-0.05, 0) is 30.3 Å². The lowest BCUT2D eigenvalue weighted by Crippen LogP contribution is -2.28. The molecular weight excluding hydrogens is 407 g/mol. The number of rotatable bonds is 3. The van der Waals surface area contributed by atoms with Crippen molar-refractivity contribution in [2.75, 3.05) is 23.6 Å². The summed E-state index contributed by atoms with van der Waals surface area (Å²) >= 11 is 3.17. The first-order chi connectivity index (χ1) is 12.5. The summed E-state index contributed by atoms with van der Waals surface area (Å²) in [6.45, 7) is 0.374. The quantitative estimate of drug-likeness (QED) is 0.826. The number of amides is 2. The van der Waals surface area contributed by atoms with Gasteiger partial charge in [0, 0.05) is 29.2 Å². The second-order valence-corrected chi connectivity index (χ2v) is 6.97. The molecule has 2 aromatic carbocycles. The van der Waals surface area contributed by atoms with Crippen molar-refractivity contribution in [3.05, 3.63) is 46.7 Å². The zero-order valence-corrected chi connectivity index (χ0v) is 15.1. The highest BCUT2D eigenvalue weighted by atomic mass is 79.9. The second-order valence-electron chi connectivity index (χ2n) is 6.06. The highest BCUT2D eigenvalue weighted by Gasteiger charge is 2.36. The molecule has 1 fully saturated rings. The van der Waals surface area contributed by atoms with Crippen LogP contribution in [0.25, 0.3) is 0 Å². The highest BCUT2D eigenvalue weighted by molar-refractivity contribution is 9.10. The summed E-state index contributed by atoms with van der Waals surface area (Å²) in [7, 11) is 0. The van der Waals surface area contributed by atoms with Crippen LogP contribution in [0.1, 0.15) is 6.42 Å². The van der Waals surface area contributed by atoms with Gasteiger partial charge in [-0.1, -0.05) is 15.9 Å². The Bertz CT molecular complexity index is 905. The normalized spacial score (nSPS) is 18.3. The Kier molecular flexibility index (Phi) is 4.28. The molecule has 26 heavy (non-hydrogen) atoms. The number of halogens is 2. The van der Waals surface area contributed by atoms with Crippen molar-refractivity contribution in [3.63, 3.8) is 0 Å². The van der Waals surface area contributed by atoms with Crippen molar-refractivity contribution in [1.29, 1.82) is 0 Å². The molecule has 8 heteroatoms. The molecule has 1 atom stereocenters. The number of fused-ring (bicyclic) bond motifs is 1. The second kappa shape index (κ2) is 6.60. The zero-order chi connectivity index (χ0) is 18.3. The Morgan fingerprint density at radius 2 is 2.00 bits per heavy atom. The SMILES string of the molecule is O=C(Nc1ccc(Br)cc1F)C1CC(=O)N(c2ccc3c(c2)OCO3)C1. The van der Waals surface area contributed by atoms with E-state index in [0.29, 0.717) is 21.7 Å². The summed E-state index contributed by atoms with van der Waals surface area (Å²) in [5.74, 6) is -0.454. The molecule has 2 amide bonds. The summed E-state index contributed by atoms with van der Waals surface area (Å²) in [6, 6.07) is 9.58. The highest BCUT2D eigenvalue weighted by Crippen LogP contribution is 2.37. The van der Waals surface area contributed by atoms with Gasteiger partial charge in [0.25, 0.3) is 0 Å². The molecule has 2 aliphatic rings. The van der Waals surface area contributed by atoms with Crippen LogP contribution in [0.2, 0.25) is 0 Å². The van der Waals surface area contributed by atoms with Crippen LogP contribution in [0, 0.1) is 11.7 Å². The number of benzene rings is 2. The summed E-state index contributed by atoms with van der Waals surface area (Å²) < 4.78 is 25.1. The number of hydrogen-bond donors (Lipinski definition) is 1. The molecule has 0 saturated carbocycles. The zero-order valence-electron chi connectivity index (χ0n) is 13.5. The first-order valence-corrected chi connectivity index (χ1v) is 8.76. The van der Waals surface area contributed by atoms with E-state index >= 15 is 0 Å². The number of ether oxygens (including phenoxy) is 2. The molecule has 0 radical (unpaired) electrons. The fourth-order valence-corrected chi connectivity index (χ4v) is 3.34. The van der Waals surface area contributed by atoms with Crippen LogP contribution in [0.15, 0.2) is 40.9 Å². The molecule has 2 aliphatic heterocycles. The molecule has 0 aromatic heterocycles. The van der Waals surface area contributed by atoms with E-state index in [1.807, 2.05) is 0 Å². The number of nitrogens with zero attached hydrogens (tertiary/aromatic N) is 1. The third-order valence-electron chi connectivity index (χ3n) is 4.35. The van der Waals surface area contributed by atoms with E-state index in [0.717, 1.165) is 0 Å². The van der Waals surface area contributed by atoms with Crippen molar-refractivity contribution in [1.82, 2.24) is 0 Å². The lowest BCUT2D eigenvalue weighted by Gasteiger charge is -2.17. The van der Waals surface area contributed by atoms with Gasteiger partial charge in [-0.15, -0.1) is 0 Å². The first-order valence-electron chi connectivity index (χ1n) is 7.97. The molecule has 134 valence electrons. The van der Waals surface area contributed by atoms with Gasteiger partial charge in [-0.3, -0.25) is 9.59 Å². The maximum Gasteiger partial charge on any atom is 0.231 e. The lowest BCUT2D eigenvalue weighted by molar-refractivity contribution is -0.122. The predicted molar refractivity (Wildman–Crippen MR) is 95.8 cm³/mol. The van der Waals surface area contributed by atoms with E-state index in [9.17, 15) is 14.0 Å². The maximum absolute atomic E-state index is 13.9. The fourth-order valence-electron chi connectivity index (χ4n) is 3.01. The number of carbonyl (C=O) groups excluding carboxylic acids is 2. The van der Waals surface area contributed by atoms with Gasteiger partial charge >= 0.3 is 0 Å². The minimum Gasteiger partial charge on any atom is -0.454 e. The summed E-state index contributed by atoms with van der Waals surface area (Å²) in [5.41, 5.74) is 0.733. The van der Waals surface area contributed by atoms with Crippen molar-refractivity contribution in [3.8, 4) is 11.5 Å². The summed E-state index contributed by atoms with van der Waals surface area (Å²) in [4.78, 5) is 26.3. The summed E-state index contributed by atoms with van der Waals surface area (Å²) in [6.07, 6.45) is 0.0679. The molecule has 2 heterocycles. The van der Waals surface area contributed by atoms with Crippen LogP contribution < -0.4 is 19.7 Å². The Morgan fingerprint density at radius 3 is 2.81 bits per heavy atom. The minimum absolute atomic E-state index is 0.0679. The van der Waals surface area contributed by atoms with Gasteiger partial charge in [0.1, 0.15) is 5.82 Å². The third kappa shape index (κ3) is 3.12. The van der Waals surface area contributed by atoms with E-state index in [1.54, 1.807) is 24.3 Å². The monoisotopic (exact) mass is 420 g/mol. The van der Waals surface area contributed by atoms with E-state index in [4.69, 9.17) is 9.47 Å². The maximum atomic E-state index is 13.9. The number of anilines is 2. The Labute approximate surface area is 157 Å². The van der Waals surface area contributed by atoms with Crippen LogP contribution in [-0.4, -0.2) is 25.2 Å². The first kappa shape index (κ1) is 16.8. The molecule has 0 aliphatic carbocycles. The average Bonchev–Trinajstić information content (AvgIpc) is 3.23. The largest absolute Gasteiger partial charge is 0.454 e. The molecule has 6 nitrogen and oxygen atoms in total. The fraction of sp³-hybridized carbons (Fsp3) is 0.222. The van der Waals surface area contributed by atoms with Crippen LogP contribution >= 0.6 is 15.9 Å². The van der Waals surface area contributed by atoms with Crippen molar-refractivity contribution in [2.45, 2.75) is 6.42 Å². The van der Waals surface area contributed by atoms with Gasteiger partial charge in [-0.25, -0.2) is 4.39 Å². The third-order valence-corrected chi connectivity index (χ3v) is 4.85. The predicted octanol–water partition coefficient (Wildman–Crippen LogP) is 3.31. The Morgan fingerprint density at radius 1 is 1.19 bits per heavy atom. The molecule has 0 bridgehead atoms. The van der Waals surface area contributed by atoms with E-state index in [-0.39, 0.29) is 37.3 Å². The standard InChI is InChI=1S/C18H14BrFN2O4/c19-11-1-3-14(13(20)6-11)21-18(24)10-5-17(23)22(8-10)12-2-4-15-16(7-12)26-9-25-15/h1-4,6-7,10H,5,8-9H2,(H,21,24). The minimum atomic E-state index is -0.559. The van der Waals surface area contributed by atoms with Crippen LogP contribution in [-0.2, 0) is 9.59 Å². The molecule has 1 saturated heterocycles. The molecule has 1 unspecified atom stereocenters. The van der Waals surface area contributed by atoms with Gasteiger partial charge in [0.15, 0.2) is 11.5 Å². The molecular formula is C18H14BrFN2O4. The van der Waals surface area contributed by atoms with Crippen LogP contribution in [0.5, 0.6) is 11.5 Å². The van der Waals surface area contributed by atoms with Crippen molar-refractivity contribution in [2.24, 2.45) is 5.92 Å². The van der Waals surface area contributed by atoms with Crippen LogP contribution in [0.3, 0.4) is 0 Å². The topological polar surface area (TPSA) is 67.9 Å². The summed E-state index contributed by atoms with van der Waals surface area (Å²) in [5, 5.41) is 2.56.